The van der Waals surface area contributed by atoms with Crippen molar-refractivity contribution >= 4 is 23.3 Å². The number of rotatable bonds is 12. The summed E-state index contributed by atoms with van der Waals surface area (Å²) < 4.78 is 28.1. The first-order valence-corrected chi connectivity index (χ1v) is 14.8. The minimum Gasteiger partial charge on any atom is -0.507 e. The number of aliphatic hydroxyl groups excluding tert-OH is 4. The lowest BCUT2D eigenvalue weighted by Gasteiger charge is -2.44. The molecule has 47 heavy (non-hydrogen) atoms. The molecule has 4 rings (SSSR count). The van der Waals surface area contributed by atoms with Crippen molar-refractivity contribution in [2.75, 3.05) is 52.0 Å². The number of anilines is 2. The summed E-state index contributed by atoms with van der Waals surface area (Å²) in [7, 11) is 3.06. The molecule has 12 N–H and O–H groups in total. The molecule has 0 aliphatic carbocycles. The molecule has 17 nitrogen and oxygen atoms in total. The van der Waals surface area contributed by atoms with Gasteiger partial charge in [-0.25, -0.2) is 9.59 Å². The molecule has 4 unspecified atom stereocenters. The van der Waals surface area contributed by atoms with Crippen molar-refractivity contribution < 1.29 is 63.9 Å². The molecule has 2 heterocycles. The monoisotopic (exact) mass is 666 g/mol. The Morgan fingerprint density at radius 3 is 1.77 bits per heavy atom. The molecule has 260 valence electrons. The second kappa shape index (κ2) is 15.9. The van der Waals surface area contributed by atoms with Gasteiger partial charge in [-0.05, 0) is 50.5 Å². The van der Waals surface area contributed by atoms with Crippen LogP contribution < -0.4 is 22.1 Å². The molecule has 17 heteroatoms. The molecule has 2 fully saturated rings. The third kappa shape index (κ3) is 8.39. The van der Waals surface area contributed by atoms with Crippen LogP contribution in [-0.4, -0.2) is 138 Å². The zero-order valence-corrected chi connectivity index (χ0v) is 25.8. The fraction of sp³-hybridized carbons (Fsp3) is 0.533. The molecule has 2 aliphatic heterocycles. The van der Waals surface area contributed by atoms with Crippen LogP contribution in [0.3, 0.4) is 0 Å². The fourth-order valence-corrected chi connectivity index (χ4v) is 5.61. The Morgan fingerprint density at radius 1 is 0.702 bits per heavy atom. The Kier molecular flexibility index (Phi) is 12.2. The number of hydrogen-bond acceptors (Lipinski definition) is 17. The maximum absolute atomic E-state index is 12.7. The lowest BCUT2D eigenvalue weighted by Crippen LogP contribution is -2.64. The average Bonchev–Trinajstić information content (AvgIpc) is 3.04. The normalized spacial score (nSPS) is 30.9. The number of esters is 2. The molecule has 2 aromatic carbocycles. The van der Waals surface area contributed by atoms with E-state index in [0.717, 1.165) is 0 Å². The van der Waals surface area contributed by atoms with Crippen LogP contribution in [0.5, 0.6) is 11.5 Å². The standard InChI is InChI=1S/C30H42N4O13/c1-33-23-21(46-22(26(38)27(23)39)12-45-29(41)16-8-14(32)4-6-19(16)36)10-43-9-17-20(47-30(42)24(34-2)25(17)37)11-44-28(40)15-7-13(31)3-5-18(15)35/h3-8,17,20-27,30,33-39,42H,9-12,31-32H2,1-2H3/t17-,20?,21-,22?,23?,24?,25-,26-,27+,30+/m0/s1. The zero-order chi connectivity index (χ0) is 34.4. The second-order valence-electron chi connectivity index (χ2n) is 11.3. The largest absolute Gasteiger partial charge is 0.507 e. The highest BCUT2D eigenvalue weighted by Crippen LogP contribution is 2.29. The Hall–Kier alpha value is -3.78. The summed E-state index contributed by atoms with van der Waals surface area (Å²) in [6, 6.07) is 6.02. The fourth-order valence-electron chi connectivity index (χ4n) is 5.61. The molecule has 2 aliphatic rings. The first-order chi connectivity index (χ1) is 22.4. The van der Waals surface area contributed by atoms with E-state index in [1.165, 1.54) is 43.4 Å². The van der Waals surface area contributed by atoms with Gasteiger partial charge in [0.2, 0.25) is 0 Å². The Balaban J connectivity index is 1.40. The quantitative estimate of drug-likeness (QED) is 0.0645. The van der Waals surface area contributed by atoms with Gasteiger partial charge in [-0.1, -0.05) is 0 Å². The number of nitrogens with one attached hydrogen (secondary N) is 2. The number of likely N-dealkylation sites (N-methyl/N-ethyl adjacent to an activating group) is 2. The van der Waals surface area contributed by atoms with E-state index >= 15 is 0 Å². The van der Waals surface area contributed by atoms with Crippen molar-refractivity contribution in [2.45, 2.75) is 55.0 Å². The molecule has 0 radical (unpaired) electrons. The summed E-state index contributed by atoms with van der Waals surface area (Å²) in [6.45, 7) is -1.28. The lowest BCUT2D eigenvalue weighted by atomic mass is 9.88. The number of phenols is 2. The maximum atomic E-state index is 12.7. The van der Waals surface area contributed by atoms with Gasteiger partial charge in [-0.15, -0.1) is 0 Å². The molecule has 0 amide bonds. The molecule has 0 saturated carbocycles. The third-order valence-electron chi connectivity index (χ3n) is 8.25. The van der Waals surface area contributed by atoms with Gasteiger partial charge >= 0.3 is 11.9 Å². The van der Waals surface area contributed by atoms with Gasteiger partial charge < -0.3 is 76.4 Å². The Labute approximate surface area is 269 Å². The minimum absolute atomic E-state index is 0.180. The highest BCUT2D eigenvalue weighted by molar-refractivity contribution is 5.94. The summed E-state index contributed by atoms with van der Waals surface area (Å²) >= 11 is 0. The zero-order valence-electron chi connectivity index (χ0n) is 25.8. The number of aliphatic hydroxyl groups is 4. The first-order valence-electron chi connectivity index (χ1n) is 14.8. The molecule has 0 spiro atoms. The number of carbonyl (C=O) groups excluding carboxylic acids is 2. The van der Waals surface area contributed by atoms with Crippen molar-refractivity contribution in [3.8, 4) is 11.5 Å². The van der Waals surface area contributed by atoms with E-state index in [9.17, 15) is 40.2 Å². The Morgan fingerprint density at radius 2 is 1.23 bits per heavy atom. The number of phenolic OH excluding ortho intramolecular Hbond substituents is 2. The van der Waals surface area contributed by atoms with Crippen LogP contribution in [0.2, 0.25) is 0 Å². The number of nitrogen functional groups attached to an aromatic ring is 2. The van der Waals surface area contributed by atoms with Crippen LogP contribution in [0.1, 0.15) is 20.7 Å². The van der Waals surface area contributed by atoms with Gasteiger partial charge in [0.15, 0.2) is 6.29 Å². The van der Waals surface area contributed by atoms with Crippen LogP contribution in [-0.2, 0) is 23.7 Å². The SMILES string of the molecule is CNC1[C@H](COC[C@H]2C(COC(=O)c3cc(N)ccc3O)O[C@@H](O)C(NC)[C@H]2O)OC(COC(=O)c2cc(N)ccc2O)[C@H](O)[C@@H]1O. The summed E-state index contributed by atoms with van der Waals surface area (Å²) in [5.74, 6) is -3.38. The van der Waals surface area contributed by atoms with E-state index in [1.54, 1.807) is 7.05 Å². The van der Waals surface area contributed by atoms with E-state index < -0.39 is 86.1 Å². The molecule has 0 aromatic heterocycles. The highest BCUT2D eigenvalue weighted by atomic mass is 16.6. The predicted molar refractivity (Wildman–Crippen MR) is 163 cm³/mol. The number of hydrogen-bond donors (Lipinski definition) is 10. The van der Waals surface area contributed by atoms with E-state index in [2.05, 4.69) is 10.6 Å². The van der Waals surface area contributed by atoms with Crippen molar-refractivity contribution in [2.24, 2.45) is 5.92 Å². The van der Waals surface area contributed by atoms with Gasteiger partial charge in [-0.3, -0.25) is 0 Å². The summed E-state index contributed by atoms with van der Waals surface area (Å²) in [6.07, 6.45) is -8.64. The molecule has 10 atom stereocenters. The summed E-state index contributed by atoms with van der Waals surface area (Å²) in [5.41, 5.74) is 11.5. The smallest absolute Gasteiger partial charge is 0.342 e. The third-order valence-corrected chi connectivity index (χ3v) is 8.25. The van der Waals surface area contributed by atoms with Gasteiger partial charge in [0, 0.05) is 17.3 Å². The first kappa shape index (κ1) is 36.1. The topological polar surface area (TPSA) is 278 Å². The number of nitrogens with two attached hydrogens (primary N) is 2. The number of benzene rings is 2. The van der Waals surface area contributed by atoms with Gasteiger partial charge in [-0.2, -0.15) is 0 Å². The van der Waals surface area contributed by atoms with E-state index in [-0.39, 0.29) is 47.2 Å². The van der Waals surface area contributed by atoms with Crippen LogP contribution in [0.25, 0.3) is 0 Å². The lowest BCUT2D eigenvalue weighted by molar-refractivity contribution is -0.248. The van der Waals surface area contributed by atoms with Crippen molar-refractivity contribution in [3.63, 3.8) is 0 Å². The van der Waals surface area contributed by atoms with Crippen LogP contribution in [0.4, 0.5) is 11.4 Å². The van der Waals surface area contributed by atoms with E-state index in [1.807, 2.05) is 0 Å². The second-order valence-corrected chi connectivity index (χ2v) is 11.3. The molecule has 2 saturated heterocycles. The van der Waals surface area contributed by atoms with Gasteiger partial charge in [0.25, 0.3) is 0 Å². The number of aromatic hydroxyl groups is 2. The Bertz CT molecular complexity index is 1380. The average molecular weight is 667 g/mol. The van der Waals surface area contributed by atoms with Gasteiger partial charge in [0.1, 0.15) is 60.3 Å². The summed E-state index contributed by atoms with van der Waals surface area (Å²) in [4.78, 5) is 25.2. The van der Waals surface area contributed by atoms with Crippen LogP contribution in [0.15, 0.2) is 36.4 Å². The van der Waals surface area contributed by atoms with Crippen LogP contribution >= 0.6 is 0 Å². The highest BCUT2D eigenvalue weighted by Gasteiger charge is 2.47. The molecule has 2 aromatic rings. The molecular formula is C30H42N4O13. The number of carbonyl (C=O) groups is 2. The van der Waals surface area contributed by atoms with Gasteiger partial charge in [0.05, 0.1) is 37.5 Å². The minimum atomic E-state index is -1.46. The van der Waals surface area contributed by atoms with E-state index in [0.29, 0.717) is 0 Å². The van der Waals surface area contributed by atoms with Crippen molar-refractivity contribution in [3.05, 3.63) is 47.5 Å². The van der Waals surface area contributed by atoms with Crippen LogP contribution in [0, 0.1) is 5.92 Å². The van der Waals surface area contributed by atoms with Crippen molar-refractivity contribution in [1.29, 1.82) is 0 Å². The van der Waals surface area contributed by atoms with Crippen molar-refractivity contribution in [1.82, 2.24) is 10.6 Å². The number of ether oxygens (including phenoxy) is 5. The maximum Gasteiger partial charge on any atom is 0.342 e. The predicted octanol–water partition coefficient (Wildman–Crippen LogP) is -2.35. The van der Waals surface area contributed by atoms with E-state index in [4.69, 9.17) is 35.2 Å². The molecular weight excluding hydrogens is 624 g/mol. The summed E-state index contributed by atoms with van der Waals surface area (Å²) in [5, 5.41) is 68.7. The molecule has 0 bridgehead atoms.